The van der Waals surface area contributed by atoms with Crippen molar-refractivity contribution in [2.24, 2.45) is 0 Å². The minimum absolute atomic E-state index is 0.0534. The summed E-state index contributed by atoms with van der Waals surface area (Å²) in [6.07, 6.45) is -1.60. The number of aromatic nitrogens is 3. The van der Waals surface area contributed by atoms with E-state index in [9.17, 15) is 22.8 Å². The normalized spacial score (nSPS) is 11.3. The number of hydrogen-bond donors (Lipinski definition) is 1. The second-order valence-corrected chi connectivity index (χ2v) is 6.03. The van der Waals surface area contributed by atoms with Gasteiger partial charge in [-0.1, -0.05) is 12.1 Å². The van der Waals surface area contributed by atoms with Crippen LogP contribution in [-0.4, -0.2) is 20.4 Å². The van der Waals surface area contributed by atoms with Crippen molar-refractivity contribution in [3.05, 3.63) is 87.6 Å². The number of hydrogen-bond acceptors (Lipinski definition) is 4. The summed E-state index contributed by atoms with van der Waals surface area (Å²) < 4.78 is 39.7. The Morgan fingerprint density at radius 3 is 2.68 bits per heavy atom. The fourth-order valence-corrected chi connectivity index (χ4v) is 2.55. The van der Waals surface area contributed by atoms with E-state index < -0.39 is 23.2 Å². The van der Waals surface area contributed by atoms with Crippen LogP contribution in [0.5, 0.6) is 0 Å². The first-order valence-corrected chi connectivity index (χ1v) is 8.20. The van der Waals surface area contributed by atoms with Gasteiger partial charge in [0.2, 0.25) is 5.95 Å². The molecule has 1 N–H and O–H groups in total. The molecule has 28 heavy (non-hydrogen) atoms. The molecule has 1 amide bonds. The van der Waals surface area contributed by atoms with E-state index in [1.807, 2.05) is 0 Å². The van der Waals surface area contributed by atoms with Gasteiger partial charge in [-0.05, 0) is 42.8 Å². The monoisotopic (exact) mass is 388 g/mol. The van der Waals surface area contributed by atoms with Crippen LogP contribution in [0.2, 0.25) is 0 Å². The molecule has 0 radical (unpaired) electrons. The molecule has 0 saturated heterocycles. The third kappa shape index (κ3) is 4.43. The lowest BCUT2D eigenvalue weighted by Crippen LogP contribution is -2.29. The zero-order chi connectivity index (χ0) is 20.3. The number of nitrogens with one attached hydrogen (secondary N) is 1. The molecule has 0 aliphatic rings. The van der Waals surface area contributed by atoms with Gasteiger partial charge in [0.1, 0.15) is 5.56 Å². The maximum Gasteiger partial charge on any atom is 0.416 e. The van der Waals surface area contributed by atoms with Gasteiger partial charge in [0, 0.05) is 18.1 Å². The first-order chi connectivity index (χ1) is 13.2. The molecule has 3 rings (SSSR count). The SMILES string of the molecule is Cc1ccnc(NC(=O)c2cccn(Cc3cccc(C(F)(F)F)c3)c2=O)n1. The van der Waals surface area contributed by atoms with Crippen molar-refractivity contribution in [2.75, 3.05) is 5.32 Å². The first kappa shape index (κ1) is 19.3. The van der Waals surface area contributed by atoms with Crippen molar-refractivity contribution in [1.29, 1.82) is 0 Å². The molecular formula is C19H15F3N4O2. The Hall–Kier alpha value is -3.49. The van der Waals surface area contributed by atoms with E-state index >= 15 is 0 Å². The molecule has 0 bridgehead atoms. The number of aryl methyl sites for hydroxylation is 1. The average molecular weight is 388 g/mol. The van der Waals surface area contributed by atoms with Crippen LogP contribution in [0.25, 0.3) is 0 Å². The van der Waals surface area contributed by atoms with E-state index in [1.54, 1.807) is 13.0 Å². The number of pyridine rings is 1. The standard InChI is InChI=1S/C19H15F3N4O2/c1-12-7-8-23-18(24-12)25-16(27)15-6-3-9-26(17(15)28)11-13-4-2-5-14(10-13)19(20,21)22/h2-10H,11H2,1H3,(H,23,24,25,27). The first-order valence-electron chi connectivity index (χ1n) is 8.20. The van der Waals surface area contributed by atoms with Crippen molar-refractivity contribution < 1.29 is 18.0 Å². The van der Waals surface area contributed by atoms with Crippen molar-refractivity contribution in [1.82, 2.24) is 14.5 Å². The van der Waals surface area contributed by atoms with Gasteiger partial charge in [-0.25, -0.2) is 9.97 Å². The minimum atomic E-state index is -4.48. The molecule has 0 saturated carbocycles. The Balaban J connectivity index is 1.85. The third-order valence-electron chi connectivity index (χ3n) is 3.89. The fourth-order valence-electron chi connectivity index (χ4n) is 2.55. The van der Waals surface area contributed by atoms with Crippen molar-refractivity contribution in [3.8, 4) is 0 Å². The molecule has 0 fully saturated rings. The number of carbonyl (C=O) groups is 1. The van der Waals surface area contributed by atoms with Crippen LogP contribution in [0.1, 0.15) is 27.2 Å². The topological polar surface area (TPSA) is 76.9 Å². The van der Waals surface area contributed by atoms with E-state index in [0.717, 1.165) is 12.1 Å². The van der Waals surface area contributed by atoms with Crippen molar-refractivity contribution in [3.63, 3.8) is 0 Å². The summed E-state index contributed by atoms with van der Waals surface area (Å²) in [4.78, 5) is 32.9. The van der Waals surface area contributed by atoms with Crippen LogP contribution >= 0.6 is 0 Å². The maximum atomic E-state index is 12.9. The Morgan fingerprint density at radius 1 is 1.18 bits per heavy atom. The van der Waals surface area contributed by atoms with Gasteiger partial charge in [0.15, 0.2) is 0 Å². The Morgan fingerprint density at radius 2 is 1.96 bits per heavy atom. The molecule has 144 valence electrons. The number of nitrogens with zero attached hydrogens (tertiary/aromatic N) is 3. The van der Waals surface area contributed by atoms with Crippen LogP contribution in [0.3, 0.4) is 0 Å². The van der Waals surface area contributed by atoms with Gasteiger partial charge in [0.25, 0.3) is 11.5 Å². The molecule has 6 nitrogen and oxygen atoms in total. The molecular weight excluding hydrogens is 373 g/mol. The van der Waals surface area contributed by atoms with Crippen LogP contribution in [0.4, 0.5) is 19.1 Å². The third-order valence-corrected chi connectivity index (χ3v) is 3.89. The van der Waals surface area contributed by atoms with Gasteiger partial charge in [0.05, 0.1) is 12.1 Å². The Kier molecular flexibility index (Phi) is 5.25. The predicted molar refractivity (Wildman–Crippen MR) is 96.0 cm³/mol. The van der Waals surface area contributed by atoms with Crippen LogP contribution in [0.15, 0.2) is 59.7 Å². The number of benzene rings is 1. The summed E-state index contributed by atoms with van der Waals surface area (Å²) in [5.41, 5.74) is -0.676. The summed E-state index contributed by atoms with van der Waals surface area (Å²) in [6.45, 7) is 1.62. The lowest BCUT2D eigenvalue weighted by atomic mass is 10.1. The van der Waals surface area contributed by atoms with E-state index in [1.165, 1.54) is 41.2 Å². The molecule has 9 heteroatoms. The summed E-state index contributed by atoms with van der Waals surface area (Å²) in [6, 6.07) is 9.14. The fraction of sp³-hybridized carbons (Fsp3) is 0.158. The number of alkyl halides is 3. The summed E-state index contributed by atoms with van der Waals surface area (Å²) >= 11 is 0. The number of amides is 1. The molecule has 0 aliphatic carbocycles. The van der Waals surface area contributed by atoms with E-state index in [2.05, 4.69) is 15.3 Å². The Labute approximate surface area is 157 Å². The van der Waals surface area contributed by atoms with E-state index in [-0.39, 0.29) is 23.6 Å². The minimum Gasteiger partial charge on any atom is -0.310 e. The van der Waals surface area contributed by atoms with Crippen LogP contribution in [-0.2, 0) is 12.7 Å². The Bertz CT molecular complexity index is 1080. The van der Waals surface area contributed by atoms with E-state index in [4.69, 9.17) is 0 Å². The number of halogens is 3. The van der Waals surface area contributed by atoms with Gasteiger partial charge in [-0.2, -0.15) is 13.2 Å². The second-order valence-electron chi connectivity index (χ2n) is 6.03. The molecule has 2 aromatic heterocycles. The maximum absolute atomic E-state index is 12.9. The van der Waals surface area contributed by atoms with Gasteiger partial charge >= 0.3 is 6.18 Å². The number of rotatable bonds is 4. The zero-order valence-corrected chi connectivity index (χ0v) is 14.7. The molecule has 0 spiro atoms. The van der Waals surface area contributed by atoms with Gasteiger partial charge in [-0.3, -0.25) is 14.9 Å². The molecule has 0 atom stereocenters. The highest BCUT2D eigenvalue weighted by Crippen LogP contribution is 2.29. The largest absolute Gasteiger partial charge is 0.416 e. The van der Waals surface area contributed by atoms with Gasteiger partial charge < -0.3 is 4.57 Å². The van der Waals surface area contributed by atoms with Gasteiger partial charge in [-0.15, -0.1) is 0 Å². The second kappa shape index (κ2) is 7.63. The summed E-state index contributed by atoms with van der Waals surface area (Å²) in [5, 5.41) is 2.44. The molecule has 3 aromatic rings. The lowest BCUT2D eigenvalue weighted by molar-refractivity contribution is -0.137. The zero-order valence-electron chi connectivity index (χ0n) is 14.7. The summed E-state index contributed by atoms with van der Waals surface area (Å²) in [5.74, 6) is -0.647. The molecule has 1 aromatic carbocycles. The summed E-state index contributed by atoms with van der Waals surface area (Å²) in [7, 11) is 0. The molecule has 0 unspecified atom stereocenters. The predicted octanol–water partition coefficient (Wildman–Crippen LogP) is 3.27. The highest BCUT2D eigenvalue weighted by atomic mass is 19.4. The van der Waals surface area contributed by atoms with Crippen molar-refractivity contribution in [2.45, 2.75) is 19.6 Å². The number of anilines is 1. The highest BCUT2D eigenvalue weighted by molar-refractivity contribution is 6.03. The van der Waals surface area contributed by atoms with Crippen molar-refractivity contribution >= 4 is 11.9 Å². The molecule has 2 heterocycles. The van der Waals surface area contributed by atoms with Crippen LogP contribution < -0.4 is 10.9 Å². The van der Waals surface area contributed by atoms with Crippen LogP contribution in [0, 0.1) is 6.92 Å². The smallest absolute Gasteiger partial charge is 0.310 e. The molecule has 0 aliphatic heterocycles. The average Bonchev–Trinajstić information content (AvgIpc) is 2.63. The lowest BCUT2D eigenvalue weighted by Gasteiger charge is -2.11. The highest BCUT2D eigenvalue weighted by Gasteiger charge is 2.30. The van der Waals surface area contributed by atoms with E-state index in [0.29, 0.717) is 5.69 Å². The quantitative estimate of drug-likeness (QED) is 0.744. The number of carbonyl (C=O) groups excluding carboxylic acids is 1.